The maximum absolute atomic E-state index is 13.2. The number of ether oxygens (including phenoxy) is 2. The van der Waals surface area contributed by atoms with E-state index in [9.17, 15) is 19.7 Å². The van der Waals surface area contributed by atoms with Gasteiger partial charge in [-0.15, -0.1) is 0 Å². The summed E-state index contributed by atoms with van der Waals surface area (Å²) >= 11 is 6.07. The summed E-state index contributed by atoms with van der Waals surface area (Å²) in [6.07, 6.45) is 0. The molecular weight excluding hydrogens is 416 g/mol. The number of nitrogens with one attached hydrogen (secondary N) is 2. The van der Waals surface area contributed by atoms with Crippen molar-refractivity contribution in [2.45, 2.75) is 6.54 Å². The molecule has 0 aliphatic rings. The lowest BCUT2D eigenvalue weighted by Crippen LogP contribution is -2.22. The number of halogens is 1. The van der Waals surface area contributed by atoms with Crippen molar-refractivity contribution >= 4 is 39.2 Å². The van der Waals surface area contributed by atoms with E-state index < -0.39 is 16.2 Å². The molecule has 0 bridgehead atoms. The number of hydrogen-bond donors (Lipinski definition) is 2. The van der Waals surface area contributed by atoms with Gasteiger partial charge in [-0.2, -0.15) is 0 Å². The van der Waals surface area contributed by atoms with Gasteiger partial charge in [0.1, 0.15) is 22.0 Å². The normalized spacial score (nSPS) is 11.2. The topological polar surface area (TPSA) is 132 Å². The van der Waals surface area contributed by atoms with Crippen LogP contribution in [-0.2, 0) is 6.54 Å². The van der Waals surface area contributed by atoms with Crippen molar-refractivity contribution in [3.63, 3.8) is 0 Å². The largest absolute Gasteiger partial charge is 0.497 e. The van der Waals surface area contributed by atoms with E-state index >= 15 is 0 Å². The first kappa shape index (κ1) is 19.5. The van der Waals surface area contributed by atoms with Crippen LogP contribution < -0.4 is 20.7 Å². The Balaban J connectivity index is 2.06. The fraction of sp³-hybridized carbons (Fsp3) is 0.158. The van der Waals surface area contributed by atoms with Crippen molar-refractivity contribution in [2.75, 3.05) is 14.2 Å². The number of imidazole rings is 1. The van der Waals surface area contributed by atoms with Crippen LogP contribution in [0.2, 0.25) is 5.02 Å². The SMILES string of the molecule is COc1ccc(Cn2c(=O)c3[nH]c(=O)[nH]c3c3cc(Cl)c([N+](=O)[O-])cc32)c(OC)c1. The minimum Gasteiger partial charge on any atom is -0.497 e. The lowest BCUT2D eigenvalue weighted by Gasteiger charge is -2.15. The molecule has 0 aliphatic heterocycles. The van der Waals surface area contributed by atoms with Crippen molar-refractivity contribution in [3.8, 4) is 11.5 Å². The first-order valence-electron chi connectivity index (χ1n) is 8.67. The summed E-state index contributed by atoms with van der Waals surface area (Å²) in [6.45, 7) is 0.0322. The highest BCUT2D eigenvalue weighted by Gasteiger charge is 2.21. The molecule has 0 atom stereocenters. The number of aromatic nitrogens is 3. The number of nitrogens with zero attached hydrogens (tertiary/aromatic N) is 2. The van der Waals surface area contributed by atoms with E-state index in [2.05, 4.69) is 9.97 Å². The van der Waals surface area contributed by atoms with E-state index in [0.29, 0.717) is 22.4 Å². The van der Waals surface area contributed by atoms with Gasteiger partial charge in [-0.05, 0) is 18.2 Å². The minimum absolute atomic E-state index is 0.0322. The Morgan fingerprint density at radius 1 is 1.10 bits per heavy atom. The fourth-order valence-electron chi connectivity index (χ4n) is 3.41. The first-order valence-corrected chi connectivity index (χ1v) is 9.05. The van der Waals surface area contributed by atoms with E-state index in [1.54, 1.807) is 18.2 Å². The van der Waals surface area contributed by atoms with Crippen LogP contribution in [0.3, 0.4) is 0 Å². The van der Waals surface area contributed by atoms with Gasteiger partial charge in [0, 0.05) is 23.1 Å². The molecule has 0 saturated carbocycles. The van der Waals surface area contributed by atoms with Crippen LogP contribution >= 0.6 is 11.6 Å². The van der Waals surface area contributed by atoms with Gasteiger partial charge in [0.2, 0.25) is 0 Å². The van der Waals surface area contributed by atoms with Gasteiger partial charge in [0.15, 0.2) is 0 Å². The second kappa shape index (κ2) is 7.23. The molecule has 10 nitrogen and oxygen atoms in total. The highest BCUT2D eigenvalue weighted by Crippen LogP contribution is 2.33. The lowest BCUT2D eigenvalue weighted by atomic mass is 10.1. The molecule has 0 aliphatic carbocycles. The molecule has 0 amide bonds. The Morgan fingerprint density at radius 2 is 1.83 bits per heavy atom. The summed E-state index contributed by atoms with van der Waals surface area (Å²) in [7, 11) is 3.00. The third-order valence-electron chi connectivity index (χ3n) is 4.83. The summed E-state index contributed by atoms with van der Waals surface area (Å²) in [5.41, 5.74) is -0.285. The zero-order valence-corrected chi connectivity index (χ0v) is 16.6. The van der Waals surface area contributed by atoms with Crippen molar-refractivity contribution in [2.24, 2.45) is 0 Å². The van der Waals surface area contributed by atoms with E-state index in [1.807, 2.05) is 0 Å². The highest BCUT2D eigenvalue weighted by molar-refractivity contribution is 6.33. The van der Waals surface area contributed by atoms with Gasteiger partial charge in [0.05, 0.1) is 36.7 Å². The van der Waals surface area contributed by atoms with Gasteiger partial charge in [-0.3, -0.25) is 14.9 Å². The molecule has 0 spiro atoms. The monoisotopic (exact) mass is 430 g/mol. The summed E-state index contributed by atoms with van der Waals surface area (Å²) < 4.78 is 11.9. The van der Waals surface area contributed by atoms with E-state index in [0.717, 1.165) is 0 Å². The van der Waals surface area contributed by atoms with Crippen molar-refractivity contribution in [1.29, 1.82) is 0 Å². The molecule has 4 rings (SSSR count). The summed E-state index contributed by atoms with van der Waals surface area (Å²) in [4.78, 5) is 40.8. The first-order chi connectivity index (χ1) is 14.3. The van der Waals surface area contributed by atoms with Crippen molar-refractivity contribution in [3.05, 3.63) is 71.9 Å². The molecule has 4 aromatic rings. The van der Waals surface area contributed by atoms with Gasteiger partial charge in [0.25, 0.3) is 11.2 Å². The third-order valence-corrected chi connectivity index (χ3v) is 5.13. The quantitative estimate of drug-likeness (QED) is 0.369. The highest BCUT2D eigenvalue weighted by atomic mass is 35.5. The number of pyridine rings is 1. The molecule has 0 saturated heterocycles. The number of hydrogen-bond acceptors (Lipinski definition) is 6. The lowest BCUT2D eigenvalue weighted by molar-refractivity contribution is -0.384. The molecule has 2 aromatic heterocycles. The molecule has 0 unspecified atom stereocenters. The van der Waals surface area contributed by atoms with Crippen LogP contribution in [0.25, 0.3) is 21.9 Å². The predicted molar refractivity (Wildman–Crippen MR) is 111 cm³/mol. The minimum atomic E-state index is -0.630. The molecule has 30 heavy (non-hydrogen) atoms. The molecule has 0 fully saturated rings. The maximum atomic E-state index is 13.2. The number of methoxy groups -OCH3 is 2. The average Bonchev–Trinajstić information content (AvgIpc) is 3.12. The molecule has 154 valence electrons. The number of nitro benzene ring substituents is 1. The molecule has 2 aromatic carbocycles. The zero-order chi connectivity index (χ0) is 21.6. The van der Waals surface area contributed by atoms with Gasteiger partial charge < -0.3 is 24.0 Å². The second-order valence-corrected chi connectivity index (χ2v) is 6.88. The van der Waals surface area contributed by atoms with Gasteiger partial charge in [-0.25, -0.2) is 4.79 Å². The molecular formula is C19H15ClN4O6. The maximum Gasteiger partial charge on any atom is 0.323 e. The summed E-state index contributed by atoms with van der Waals surface area (Å²) in [5, 5.41) is 11.7. The van der Waals surface area contributed by atoms with E-state index in [4.69, 9.17) is 21.1 Å². The van der Waals surface area contributed by atoms with Gasteiger partial charge in [-0.1, -0.05) is 11.6 Å². The van der Waals surface area contributed by atoms with Crippen LogP contribution in [0, 0.1) is 10.1 Å². The number of H-pyrrole nitrogens is 2. The standard InChI is InChI=1S/C19H15ClN4O6/c1-29-10-4-3-9(15(5-10)30-2)8-23-13-7-14(24(27)28)12(20)6-11(13)16-17(18(23)25)22-19(26)21-16/h3-7H,8H2,1-2H3,(H2,21,22,26). The molecule has 11 heteroatoms. The third kappa shape index (κ3) is 3.07. The average molecular weight is 431 g/mol. The van der Waals surface area contributed by atoms with Crippen molar-refractivity contribution < 1.29 is 14.4 Å². The number of benzene rings is 2. The predicted octanol–water partition coefficient (Wildman–Crippen LogP) is 2.80. The van der Waals surface area contributed by atoms with Crippen LogP contribution in [0.15, 0.2) is 39.9 Å². The summed E-state index contributed by atoms with van der Waals surface area (Å²) in [6, 6.07) is 7.69. The Bertz CT molecular complexity index is 1440. The second-order valence-electron chi connectivity index (χ2n) is 6.48. The number of rotatable bonds is 5. The Hall–Kier alpha value is -3.79. The van der Waals surface area contributed by atoms with E-state index in [-0.39, 0.29) is 33.8 Å². The number of aromatic amines is 2. The van der Waals surface area contributed by atoms with Crippen molar-refractivity contribution in [1.82, 2.24) is 14.5 Å². The summed E-state index contributed by atoms with van der Waals surface area (Å²) in [5.74, 6) is 1.04. The van der Waals surface area contributed by atoms with Crippen LogP contribution in [0.4, 0.5) is 5.69 Å². The molecule has 2 heterocycles. The fourth-order valence-corrected chi connectivity index (χ4v) is 3.65. The zero-order valence-electron chi connectivity index (χ0n) is 15.8. The Labute approximate surface area is 172 Å². The van der Waals surface area contributed by atoms with Crippen LogP contribution in [-0.4, -0.2) is 33.7 Å². The Morgan fingerprint density at radius 3 is 2.50 bits per heavy atom. The molecule has 0 radical (unpaired) electrons. The van der Waals surface area contributed by atoms with E-state index in [1.165, 1.54) is 30.9 Å². The molecule has 2 N–H and O–H groups in total. The number of nitro groups is 1. The van der Waals surface area contributed by atoms with Gasteiger partial charge >= 0.3 is 5.69 Å². The Kier molecular flexibility index (Phi) is 4.70. The smallest absolute Gasteiger partial charge is 0.323 e. The van der Waals surface area contributed by atoms with Crippen LogP contribution in [0.1, 0.15) is 5.56 Å². The number of fused-ring (bicyclic) bond motifs is 3. The van der Waals surface area contributed by atoms with Crippen LogP contribution in [0.5, 0.6) is 11.5 Å².